The van der Waals surface area contributed by atoms with Crippen LogP contribution in [0.2, 0.25) is 0 Å². The Kier molecular flexibility index (Phi) is 3.68. The highest BCUT2D eigenvalue weighted by Gasteiger charge is 2.39. The predicted molar refractivity (Wildman–Crippen MR) is 65.5 cm³/mol. The van der Waals surface area contributed by atoms with Crippen LogP contribution in [-0.2, 0) is 4.79 Å². The lowest BCUT2D eigenvalue weighted by molar-refractivity contribution is -0.139. The first kappa shape index (κ1) is 13.5. The average molecular weight is 227 g/mol. The van der Waals surface area contributed by atoms with Gasteiger partial charge in [-0.1, -0.05) is 27.7 Å². The predicted octanol–water partition coefficient (Wildman–Crippen LogP) is 2.61. The van der Waals surface area contributed by atoms with Gasteiger partial charge in [-0.2, -0.15) is 0 Å². The zero-order valence-corrected chi connectivity index (χ0v) is 11.2. The highest BCUT2D eigenvalue weighted by molar-refractivity contribution is 5.69. The quantitative estimate of drug-likeness (QED) is 0.805. The summed E-state index contributed by atoms with van der Waals surface area (Å²) in [5.74, 6) is -0.733. The van der Waals surface area contributed by atoms with Crippen LogP contribution in [0.25, 0.3) is 0 Å². The molecule has 0 unspecified atom stereocenters. The van der Waals surface area contributed by atoms with Gasteiger partial charge < -0.3 is 5.11 Å². The summed E-state index contributed by atoms with van der Waals surface area (Å²) >= 11 is 0. The van der Waals surface area contributed by atoms with Crippen molar-refractivity contribution >= 4 is 5.97 Å². The highest BCUT2D eigenvalue weighted by Crippen LogP contribution is 2.46. The smallest absolute Gasteiger partial charge is 0.317 e. The van der Waals surface area contributed by atoms with Gasteiger partial charge in [0.25, 0.3) is 0 Å². The Balaban J connectivity index is 2.70. The van der Waals surface area contributed by atoms with E-state index in [1.807, 2.05) is 11.9 Å². The standard InChI is InChI=1S/C13H25NO2/c1-12(2)6-10(7-13(3,4)9-12)14(5)8-11(15)16/h10H,6-9H2,1-5H3,(H,15,16). The maximum atomic E-state index is 10.7. The lowest BCUT2D eigenvalue weighted by Gasteiger charge is -2.47. The van der Waals surface area contributed by atoms with Gasteiger partial charge >= 0.3 is 5.97 Å². The first-order valence-corrected chi connectivity index (χ1v) is 6.03. The van der Waals surface area contributed by atoms with Gasteiger partial charge in [0.15, 0.2) is 0 Å². The number of aliphatic carboxylic acids is 1. The molecule has 0 heterocycles. The first-order chi connectivity index (χ1) is 7.11. The Hall–Kier alpha value is -0.570. The second-order valence-electron chi connectivity index (χ2n) is 6.88. The van der Waals surface area contributed by atoms with Crippen LogP contribution in [-0.4, -0.2) is 35.6 Å². The third-order valence-corrected chi connectivity index (χ3v) is 3.54. The summed E-state index contributed by atoms with van der Waals surface area (Å²) in [7, 11) is 1.93. The van der Waals surface area contributed by atoms with Gasteiger partial charge in [0.2, 0.25) is 0 Å². The van der Waals surface area contributed by atoms with Gasteiger partial charge in [0.05, 0.1) is 6.54 Å². The highest BCUT2D eigenvalue weighted by atomic mass is 16.4. The van der Waals surface area contributed by atoms with Crippen LogP contribution >= 0.6 is 0 Å². The second-order valence-corrected chi connectivity index (χ2v) is 6.88. The molecule has 16 heavy (non-hydrogen) atoms. The molecule has 3 nitrogen and oxygen atoms in total. The third kappa shape index (κ3) is 3.78. The van der Waals surface area contributed by atoms with Gasteiger partial charge in [-0.05, 0) is 37.1 Å². The fraction of sp³-hybridized carbons (Fsp3) is 0.923. The Bertz CT molecular complexity index is 255. The summed E-state index contributed by atoms with van der Waals surface area (Å²) in [4.78, 5) is 12.7. The number of hydrogen-bond acceptors (Lipinski definition) is 2. The zero-order chi connectivity index (χ0) is 12.6. The van der Waals surface area contributed by atoms with Crippen molar-refractivity contribution in [2.24, 2.45) is 10.8 Å². The number of nitrogens with zero attached hydrogens (tertiary/aromatic N) is 1. The fourth-order valence-corrected chi connectivity index (χ4v) is 3.44. The molecule has 1 rings (SSSR count). The molecule has 0 bridgehead atoms. The molecule has 0 aromatic heterocycles. The lowest BCUT2D eigenvalue weighted by atomic mass is 9.63. The number of carboxylic acid groups (broad SMARTS) is 1. The van der Waals surface area contributed by atoms with E-state index in [2.05, 4.69) is 27.7 Å². The van der Waals surface area contributed by atoms with E-state index in [1.54, 1.807) is 0 Å². The van der Waals surface area contributed by atoms with Crippen LogP contribution in [0.3, 0.4) is 0 Å². The Labute approximate surface area is 98.8 Å². The molecule has 1 N–H and O–H groups in total. The number of rotatable bonds is 3. The monoisotopic (exact) mass is 227 g/mol. The van der Waals surface area contributed by atoms with Crippen LogP contribution in [0.5, 0.6) is 0 Å². The topological polar surface area (TPSA) is 40.5 Å². The van der Waals surface area contributed by atoms with Crippen molar-refractivity contribution in [1.29, 1.82) is 0 Å². The van der Waals surface area contributed by atoms with E-state index in [0.29, 0.717) is 16.9 Å². The van der Waals surface area contributed by atoms with Crippen molar-refractivity contribution < 1.29 is 9.90 Å². The molecule has 0 spiro atoms. The van der Waals surface area contributed by atoms with Gasteiger partial charge in [-0.25, -0.2) is 0 Å². The van der Waals surface area contributed by atoms with Crippen molar-refractivity contribution in [2.45, 2.75) is 53.0 Å². The van der Waals surface area contributed by atoms with E-state index in [4.69, 9.17) is 5.11 Å². The van der Waals surface area contributed by atoms with E-state index in [-0.39, 0.29) is 6.54 Å². The van der Waals surface area contributed by atoms with Crippen molar-refractivity contribution in [3.05, 3.63) is 0 Å². The van der Waals surface area contributed by atoms with Crippen molar-refractivity contribution in [1.82, 2.24) is 4.90 Å². The minimum atomic E-state index is -0.733. The molecule has 0 amide bonds. The maximum absolute atomic E-state index is 10.7. The molecule has 1 aliphatic rings. The summed E-state index contributed by atoms with van der Waals surface area (Å²) in [5, 5.41) is 8.83. The zero-order valence-electron chi connectivity index (χ0n) is 11.2. The number of carbonyl (C=O) groups is 1. The molecule has 94 valence electrons. The molecule has 0 saturated heterocycles. The van der Waals surface area contributed by atoms with Crippen molar-refractivity contribution in [2.75, 3.05) is 13.6 Å². The van der Waals surface area contributed by atoms with Gasteiger partial charge in [0, 0.05) is 6.04 Å². The minimum absolute atomic E-state index is 0.150. The summed E-state index contributed by atoms with van der Waals surface area (Å²) in [5.41, 5.74) is 0.637. The molecule has 1 fully saturated rings. The van der Waals surface area contributed by atoms with Gasteiger partial charge in [-0.15, -0.1) is 0 Å². The molecular formula is C13H25NO2. The second kappa shape index (κ2) is 4.36. The van der Waals surface area contributed by atoms with Crippen LogP contribution < -0.4 is 0 Å². The number of likely N-dealkylation sites (N-methyl/N-ethyl adjacent to an activating group) is 1. The van der Waals surface area contributed by atoms with E-state index < -0.39 is 5.97 Å². The number of carboxylic acids is 1. The molecule has 0 aromatic carbocycles. The Morgan fingerprint density at radius 2 is 1.69 bits per heavy atom. The summed E-state index contributed by atoms with van der Waals surface area (Å²) < 4.78 is 0. The van der Waals surface area contributed by atoms with Gasteiger partial charge in [-0.3, -0.25) is 9.69 Å². The van der Waals surface area contributed by atoms with Crippen LogP contribution in [0, 0.1) is 10.8 Å². The van der Waals surface area contributed by atoms with Crippen molar-refractivity contribution in [3.8, 4) is 0 Å². The summed E-state index contributed by atoms with van der Waals surface area (Å²) in [6.45, 7) is 9.30. The molecule has 0 aromatic rings. The molecular weight excluding hydrogens is 202 g/mol. The third-order valence-electron chi connectivity index (χ3n) is 3.54. The van der Waals surface area contributed by atoms with Gasteiger partial charge in [0.1, 0.15) is 0 Å². The molecule has 0 aliphatic heterocycles. The first-order valence-electron chi connectivity index (χ1n) is 6.03. The normalized spacial score (nSPS) is 24.6. The fourth-order valence-electron chi connectivity index (χ4n) is 3.44. The molecule has 0 radical (unpaired) electrons. The van der Waals surface area contributed by atoms with Crippen LogP contribution in [0.15, 0.2) is 0 Å². The lowest BCUT2D eigenvalue weighted by Crippen LogP contribution is -2.46. The number of hydrogen-bond donors (Lipinski definition) is 1. The minimum Gasteiger partial charge on any atom is -0.480 e. The molecule has 0 atom stereocenters. The summed E-state index contributed by atoms with van der Waals surface area (Å²) in [6.07, 6.45) is 3.41. The van der Waals surface area contributed by atoms with E-state index >= 15 is 0 Å². The average Bonchev–Trinajstić information content (AvgIpc) is 1.96. The molecule has 3 heteroatoms. The van der Waals surface area contributed by atoms with Crippen LogP contribution in [0.1, 0.15) is 47.0 Å². The van der Waals surface area contributed by atoms with E-state index in [9.17, 15) is 4.79 Å². The van der Waals surface area contributed by atoms with Crippen molar-refractivity contribution in [3.63, 3.8) is 0 Å². The summed E-state index contributed by atoms with van der Waals surface area (Å²) in [6, 6.07) is 0.398. The Morgan fingerprint density at radius 1 is 1.25 bits per heavy atom. The van der Waals surface area contributed by atoms with Crippen LogP contribution in [0.4, 0.5) is 0 Å². The molecule has 1 saturated carbocycles. The largest absolute Gasteiger partial charge is 0.480 e. The maximum Gasteiger partial charge on any atom is 0.317 e. The van der Waals surface area contributed by atoms with E-state index in [0.717, 1.165) is 12.8 Å². The SMILES string of the molecule is CN(CC(=O)O)C1CC(C)(C)CC(C)(C)C1. The molecule has 1 aliphatic carbocycles. The Morgan fingerprint density at radius 3 is 2.06 bits per heavy atom. The van der Waals surface area contributed by atoms with E-state index in [1.165, 1.54) is 6.42 Å².